The maximum absolute atomic E-state index is 12.8. The molecule has 378 valence electrons. The van der Waals surface area contributed by atoms with Gasteiger partial charge in [0.25, 0.3) is 0 Å². The normalized spacial score (nSPS) is 13.1. The standard InChI is InChI=1S/C61H98O6/c1-4-7-10-13-16-19-22-25-27-29-30-32-33-36-39-42-45-48-51-54-60(63)66-57-58(56-65-59(62)53-50-47-44-41-38-35-24-21-18-15-12-9-6-3)67-61(64)55-52-49-46-43-40-37-34-31-28-26-23-20-17-14-11-8-5-2/h7-8,10-12,15-17,19-21,24-28,30,32,36,39,58H,4-6,9,13-14,18,22-23,29,31,33-35,37-38,40-57H2,1-3H3/b10-7-,11-8-,15-12-,19-16-,20-17-,24-21-,27-25-,28-26-,32-30-,39-36-. The van der Waals surface area contributed by atoms with Crippen LogP contribution in [0.2, 0.25) is 0 Å². The molecule has 0 aromatic carbocycles. The molecule has 6 heteroatoms. The zero-order valence-electron chi connectivity index (χ0n) is 43.1. The summed E-state index contributed by atoms with van der Waals surface area (Å²) in [5.74, 6) is -0.965. The highest BCUT2D eigenvalue weighted by Gasteiger charge is 2.19. The van der Waals surface area contributed by atoms with Crippen LogP contribution >= 0.6 is 0 Å². The van der Waals surface area contributed by atoms with E-state index in [1.54, 1.807) is 0 Å². The van der Waals surface area contributed by atoms with Crippen LogP contribution < -0.4 is 0 Å². The fourth-order valence-electron chi connectivity index (χ4n) is 6.93. The molecule has 0 aliphatic carbocycles. The van der Waals surface area contributed by atoms with E-state index in [1.807, 2.05) is 0 Å². The first-order chi connectivity index (χ1) is 33.0. The van der Waals surface area contributed by atoms with Gasteiger partial charge >= 0.3 is 17.9 Å². The summed E-state index contributed by atoms with van der Waals surface area (Å²) in [6.45, 7) is 6.29. The average Bonchev–Trinajstić information content (AvgIpc) is 3.33. The summed E-state index contributed by atoms with van der Waals surface area (Å²) in [6, 6.07) is 0. The minimum Gasteiger partial charge on any atom is -0.462 e. The molecular formula is C61H98O6. The third-order valence-electron chi connectivity index (χ3n) is 10.9. The summed E-state index contributed by atoms with van der Waals surface area (Å²) in [7, 11) is 0. The van der Waals surface area contributed by atoms with Crippen LogP contribution in [0.1, 0.15) is 226 Å². The molecule has 0 bridgehead atoms. The number of hydrogen-bond donors (Lipinski definition) is 0. The van der Waals surface area contributed by atoms with E-state index in [1.165, 1.54) is 32.1 Å². The van der Waals surface area contributed by atoms with E-state index < -0.39 is 6.10 Å². The second-order valence-electron chi connectivity index (χ2n) is 17.4. The molecule has 0 fully saturated rings. The first kappa shape index (κ1) is 62.8. The first-order valence-electron chi connectivity index (χ1n) is 27.0. The Hall–Kier alpha value is -4.19. The first-order valence-corrected chi connectivity index (χ1v) is 27.0. The van der Waals surface area contributed by atoms with Crippen LogP contribution in [0.15, 0.2) is 122 Å². The van der Waals surface area contributed by atoms with E-state index >= 15 is 0 Å². The van der Waals surface area contributed by atoms with Crippen molar-refractivity contribution in [2.24, 2.45) is 0 Å². The summed E-state index contributed by atoms with van der Waals surface area (Å²) < 4.78 is 16.8. The van der Waals surface area contributed by atoms with Crippen LogP contribution in [0, 0.1) is 0 Å². The summed E-state index contributed by atoms with van der Waals surface area (Å²) in [6.07, 6.45) is 74.6. The van der Waals surface area contributed by atoms with Crippen LogP contribution in [0.3, 0.4) is 0 Å². The Kier molecular flexibility index (Phi) is 51.0. The lowest BCUT2D eigenvalue weighted by Crippen LogP contribution is -2.30. The highest BCUT2D eigenvalue weighted by molar-refractivity contribution is 5.71. The van der Waals surface area contributed by atoms with Crippen molar-refractivity contribution in [2.45, 2.75) is 232 Å². The van der Waals surface area contributed by atoms with E-state index in [-0.39, 0.29) is 31.1 Å². The number of ether oxygens (including phenoxy) is 3. The molecule has 0 aromatic heterocycles. The zero-order valence-corrected chi connectivity index (χ0v) is 43.1. The molecule has 0 aliphatic heterocycles. The molecule has 1 unspecified atom stereocenters. The molecular weight excluding hydrogens is 829 g/mol. The largest absolute Gasteiger partial charge is 0.462 e. The van der Waals surface area contributed by atoms with Crippen LogP contribution in [-0.4, -0.2) is 37.2 Å². The lowest BCUT2D eigenvalue weighted by Gasteiger charge is -2.18. The SMILES string of the molecule is CC/C=C\C/C=C\C/C=C\C/C=C\C/C=C\CCCCCC(=O)OCC(COC(=O)CCCCCCC/C=C\C/C=C\CCC)OC(=O)CCCCCCCCC/C=C\C/C=C\C/C=C\CC. The van der Waals surface area contributed by atoms with Gasteiger partial charge in [-0.05, 0) is 122 Å². The second-order valence-corrected chi connectivity index (χ2v) is 17.4. The Labute approximate surface area is 412 Å². The van der Waals surface area contributed by atoms with Crippen molar-refractivity contribution < 1.29 is 28.6 Å². The number of rotatable bonds is 47. The van der Waals surface area contributed by atoms with Crippen molar-refractivity contribution in [3.05, 3.63) is 122 Å². The Bertz CT molecular complexity index is 1440. The molecule has 6 nitrogen and oxygen atoms in total. The molecule has 0 rings (SSSR count). The molecule has 0 spiro atoms. The maximum Gasteiger partial charge on any atom is 0.306 e. The topological polar surface area (TPSA) is 78.9 Å². The van der Waals surface area contributed by atoms with Gasteiger partial charge in [-0.3, -0.25) is 14.4 Å². The Morgan fingerprint density at radius 1 is 0.313 bits per heavy atom. The lowest BCUT2D eigenvalue weighted by molar-refractivity contribution is -0.167. The Morgan fingerprint density at radius 3 is 0.925 bits per heavy atom. The fraction of sp³-hybridized carbons (Fsp3) is 0.623. The van der Waals surface area contributed by atoms with E-state index in [0.29, 0.717) is 19.3 Å². The van der Waals surface area contributed by atoms with E-state index in [4.69, 9.17) is 14.2 Å². The van der Waals surface area contributed by atoms with Gasteiger partial charge in [-0.1, -0.05) is 206 Å². The predicted molar refractivity (Wildman–Crippen MR) is 288 cm³/mol. The third-order valence-corrected chi connectivity index (χ3v) is 10.9. The van der Waals surface area contributed by atoms with Crippen molar-refractivity contribution in [1.29, 1.82) is 0 Å². The molecule has 0 aliphatic rings. The van der Waals surface area contributed by atoms with Gasteiger partial charge < -0.3 is 14.2 Å². The van der Waals surface area contributed by atoms with Gasteiger partial charge in [-0.2, -0.15) is 0 Å². The molecule has 0 saturated heterocycles. The molecule has 0 saturated carbocycles. The monoisotopic (exact) mass is 927 g/mol. The van der Waals surface area contributed by atoms with Crippen molar-refractivity contribution in [1.82, 2.24) is 0 Å². The number of hydrogen-bond acceptors (Lipinski definition) is 6. The molecule has 0 amide bonds. The quantitative estimate of drug-likeness (QED) is 0.0262. The van der Waals surface area contributed by atoms with Crippen LogP contribution in [0.5, 0.6) is 0 Å². The summed E-state index contributed by atoms with van der Waals surface area (Å²) >= 11 is 0. The van der Waals surface area contributed by atoms with Crippen LogP contribution in [0.25, 0.3) is 0 Å². The lowest BCUT2D eigenvalue weighted by atomic mass is 10.1. The van der Waals surface area contributed by atoms with Gasteiger partial charge in [0.15, 0.2) is 6.10 Å². The molecule has 67 heavy (non-hydrogen) atoms. The number of allylic oxidation sites excluding steroid dienone is 20. The van der Waals surface area contributed by atoms with Gasteiger partial charge in [0.1, 0.15) is 13.2 Å². The number of esters is 3. The summed E-state index contributed by atoms with van der Waals surface area (Å²) in [5.41, 5.74) is 0. The Balaban J connectivity index is 4.49. The third kappa shape index (κ3) is 52.6. The zero-order chi connectivity index (χ0) is 48.6. The summed E-state index contributed by atoms with van der Waals surface area (Å²) in [4.78, 5) is 38.1. The number of carbonyl (C=O) groups excluding carboxylic acids is 3. The fourth-order valence-corrected chi connectivity index (χ4v) is 6.93. The Morgan fingerprint density at radius 2 is 0.582 bits per heavy atom. The minimum atomic E-state index is -0.807. The smallest absolute Gasteiger partial charge is 0.306 e. The highest BCUT2D eigenvalue weighted by Crippen LogP contribution is 2.13. The molecule has 0 radical (unpaired) electrons. The molecule has 0 N–H and O–H groups in total. The van der Waals surface area contributed by atoms with Crippen molar-refractivity contribution in [2.75, 3.05) is 13.2 Å². The number of unbranched alkanes of at least 4 members (excludes halogenated alkanes) is 16. The molecule has 0 aromatic rings. The van der Waals surface area contributed by atoms with Crippen molar-refractivity contribution in [3.63, 3.8) is 0 Å². The van der Waals surface area contributed by atoms with E-state index in [0.717, 1.165) is 154 Å². The minimum absolute atomic E-state index is 0.104. The second kappa shape index (κ2) is 54.4. The molecule has 0 heterocycles. The predicted octanol–water partition coefficient (Wildman–Crippen LogP) is 18.1. The number of carbonyl (C=O) groups is 3. The van der Waals surface area contributed by atoms with Crippen molar-refractivity contribution in [3.8, 4) is 0 Å². The van der Waals surface area contributed by atoms with Gasteiger partial charge in [0.2, 0.25) is 0 Å². The molecule has 1 atom stereocenters. The van der Waals surface area contributed by atoms with Gasteiger partial charge in [-0.25, -0.2) is 0 Å². The van der Waals surface area contributed by atoms with Crippen molar-refractivity contribution >= 4 is 17.9 Å². The summed E-state index contributed by atoms with van der Waals surface area (Å²) in [5, 5.41) is 0. The average molecular weight is 927 g/mol. The van der Waals surface area contributed by atoms with Gasteiger partial charge in [0.05, 0.1) is 0 Å². The van der Waals surface area contributed by atoms with Crippen LogP contribution in [-0.2, 0) is 28.6 Å². The van der Waals surface area contributed by atoms with E-state index in [2.05, 4.69) is 142 Å². The highest BCUT2D eigenvalue weighted by atomic mass is 16.6. The van der Waals surface area contributed by atoms with E-state index in [9.17, 15) is 14.4 Å². The van der Waals surface area contributed by atoms with Gasteiger partial charge in [-0.15, -0.1) is 0 Å². The maximum atomic E-state index is 12.8. The van der Waals surface area contributed by atoms with Gasteiger partial charge in [0, 0.05) is 19.3 Å². The van der Waals surface area contributed by atoms with Crippen LogP contribution in [0.4, 0.5) is 0 Å².